The lowest BCUT2D eigenvalue weighted by atomic mass is 9.51. The SMILES string of the molecule is O=C1CC2(CC3c4ccccc4C2c2ccccc23)C(=O)N1c1ccccc1. The van der Waals surface area contributed by atoms with Crippen LogP contribution in [0.1, 0.15) is 46.9 Å². The first kappa shape index (κ1) is 15.8. The summed E-state index contributed by atoms with van der Waals surface area (Å²) in [6, 6.07) is 26.3. The number of amides is 2. The molecule has 0 aromatic heterocycles. The molecular weight excluding hydrogens is 346 g/mol. The lowest BCUT2D eigenvalue weighted by Gasteiger charge is -2.50. The largest absolute Gasteiger partial charge is 0.274 e. The van der Waals surface area contributed by atoms with Crippen molar-refractivity contribution in [2.45, 2.75) is 24.7 Å². The summed E-state index contributed by atoms with van der Waals surface area (Å²) in [5, 5.41) is 0. The lowest BCUT2D eigenvalue weighted by Crippen LogP contribution is -2.47. The maximum Gasteiger partial charge on any atom is 0.241 e. The summed E-state index contributed by atoms with van der Waals surface area (Å²) in [5.41, 5.74) is 5.06. The van der Waals surface area contributed by atoms with E-state index in [4.69, 9.17) is 0 Å². The molecule has 3 aliphatic carbocycles. The Labute approximate surface area is 163 Å². The minimum atomic E-state index is -0.680. The van der Waals surface area contributed by atoms with E-state index in [1.165, 1.54) is 27.2 Å². The Hall–Kier alpha value is -3.20. The zero-order valence-electron chi connectivity index (χ0n) is 15.3. The van der Waals surface area contributed by atoms with Gasteiger partial charge in [-0.1, -0.05) is 66.7 Å². The van der Waals surface area contributed by atoms with E-state index in [0.29, 0.717) is 12.1 Å². The van der Waals surface area contributed by atoms with Crippen molar-refractivity contribution in [2.75, 3.05) is 4.90 Å². The Morgan fingerprint density at radius 3 is 1.86 bits per heavy atom. The van der Waals surface area contributed by atoms with E-state index in [9.17, 15) is 9.59 Å². The average Bonchev–Trinajstić information content (AvgIpc) is 2.98. The van der Waals surface area contributed by atoms with E-state index in [-0.39, 0.29) is 30.1 Å². The maximum atomic E-state index is 13.8. The smallest absolute Gasteiger partial charge is 0.241 e. The van der Waals surface area contributed by atoms with Crippen LogP contribution in [0.2, 0.25) is 0 Å². The molecule has 2 bridgehead atoms. The van der Waals surface area contributed by atoms with Crippen molar-refractivity contribution in [1.82, 2.24) is 0 Å². The van der Waals surface area contributed by atoms with Crippen LogP contribution in [0.4, 0.5) is 5.69 Å². The van der Waals surface area contributed by atoms with Crippen LogP contribution >= 0.6 is 0 Å². The topological polar surface area (TPSA) is 37.4 Å². The molecule has 28 heavy (non-hydrogen) atoms. The van der Waals surface area contributed by atoms with Crippen LogP contribution in [-0.4, -0.2) is 11.8 Å². The normalized spacial score (nSPS) is 27.2. The predicted molar refractivity (Wildman–Crippen MR) is 107 cm³/mol. The Morgan fingerprint density at radius 1 is 0.714 bits per heavy atom. The Kier molecular flexibility index (Phi) is 3.06. The third-order valence-electron chi connectivity index (χ3n) is 6.85. The maximum absolute atomic E-state index is 13.8. The summed E-state index contributed by atoms with van der Waals surface area (Å²) in [6.45, 7) is 0. The molecule has 1 atom stereocenters. The predicted octanol–water partition coefficient (Wildman–Crippen LogP) is 4.62. The monoisotopic (exact) mass is 365 g/mol. The van der Waals surface area contributed by atoms with Gasteiger partial charge in [0.05, 0.1) is 11.1 Å². The Balaban J connectivity index is 1.57. The molecule has 136 valence electrons. The fourth-order valence-corrected chi connectivity index (χ4v) is 5.80. The molecule has 1 fully saturated rings. The zero-order valence-corrected chi connectivity index (χ0v) is 15.3. The summed E-state index contributed by atoms with van der Waals surface area (Å²) in [5.74, 6) is -0.0126. The number of rotatable bonds is 1. The van der Waals surface area contributed by atoms with E-state index in [1.807, 2.05) is 42.5 Å². The molecule has 0 radical (unpaired) electrons. The fourth-order valence-electron chi connectivity index (χ4n) is 5.80. The number of anilines is 1. The van der Waals surface area contributed by atoms with E-state index in [1.54, 1.807) is 0 Å². The summed E-state index contributed by atoms with van der Waals surface area (Å²) in [7, 11) is 0. The average molecular weight is 365 g/mol. The van der Waals surface area contributed by atoms with Gasteiger partial charge < -0.3 is 0 Å². The number of hydrogen-bond donors (Lipinski definition) is 0. The molecule has 1 spiro atoms. The molecule has 2 amide bonds. The molecule has 1 aliphatic heterocycles. The first-order valence-electron chi connectivity index (χ1n) is 9.81. The lowest BCUT2D eigenvalue weighted by molar-refractivity contribution is -0.127. The van der Waals surface area contributed by atoms with E-state index < -0.39 is 5.41 Å². The second-order valence-electron chi connectivity index (χ2n) is 8.15. The highest BCUT2D eigenvalue weighted by Crippen LogP contribution is 2.64. The third kappa shape index (κ3) is 1.84. The number of hydrogen-bond acceptors (Lipinski definition) is 2. The summed E-state index contributed by atoms with van der Waals surface area (Å²) in [6.07, 6.45) is 0.990. The quantitative estimate of drug-likeness (QED) is 0.590. The van der Waals surface area contributed by atoms with Crippen molar-refractivity contribution in [3.8, 4) is 0 Å². The minimum Gasteiger partial charge on any atom is -0.274 e. The molecule has 1 saturated heterocycles. The number of imide groups is 1. The zero-order chi connectivity index (χ0) is 18.9. The fraction of sp³-hybridized carbons (Fsp3) is 0.200. The van der Waals surface area contributed by atoms with Crippen LogP contribution in [0.5, 0.6) is 0 Å². The molecule has 4 aliphatic rings. The van der Waals surface area contributed by atoms with Gasteiger partial charge in [-0.3, -0.25) is 14.5 Å². The van der Waals surface area contributed by atoms with Gasteiger partial charge in [0.2, 0.25) is 11.8 Å². The van der Waals surface area contributed by atoms with Gasteiger partial charge in [0.15, 0.2) is 0 Å². The van der Waals surface area contributed by atoms with Crippen molar-refractivity contribution >= 4 is 17.5 Å². The highest BCUT2D eigenvalue weighted by Gasteiger charge is 2.62. The molecular formula is C25H19NO2. The van der Waals surface area contributed by atoms with Crippen LogP contribution < -0.4 is 4.90 Å². The third-order valence-corrected chi connectivity index (χ3v) is 6.85. The highest BCUT2D eigenvalue weighted by atomic mass is 16.2. The van der Waals surface area contributed by atoms with Crippen molar-refractivity contribution < 1.29 is 9.59 Å². The molecule has 1 unspecified atom stereocenters. The molecule has 7 rings (SSSR count). The first-order valence-corrected chi connectivity index (χ1v) is 9.81. The molecule has 0 saturated carbocycles. The van der Waals surface area contributed by atoms with E-state index in [0.717, 1.165) is 0 Å². The number of benzene rings is 3. The van der Waals surface area contributed by atoms with Gasteiger partial charge >= 0.3 is 0 Å². The van der Waals surface area contributed by atoms with Crippen molar-refractivity contribution in [3.63, 3.8) is 0 Å². The summed E-state index contributed by atoms with van der Waals surface area (Å²) >= 11 is 0. The standard InChI is InChI=1S/C25H19NO2/c27-22-15-25(24(28)26(22)16-8-2-1-3-9-16)14-21-17-10-4-6-12-19(17)23(25)20-13-7-5-11-18(20)21/h1-13,21,23H,14-15H2. The van der Waals surface area contributed by atoms with Crippen molar-refractivity contribution in [2.24, 2.45) is 5.41 Å². The highest BCUT2D eigenvalue weighted by molar-refractivity contribution is 6.23. The Bertz CT molecular complexity index is 1090. The number of nitrogens with zero attached hydrogens (tertiary/aromatic N) is 1. The van der Waals surface area contributed by atoms with E-state index >= 15 is 0 Å². The van der Waals surface area contributed by atoms with Crippen LogP contribution in [0.15, 0.2) is 78.9 Å². The number of carbonyl (C=O) groups is 2. The molecule has 3 heteroatoms. The number of para-hydroxylation sites is 1. The van der Waals surface area contributed by atoms with E-state index in [2.05, 4.69) is 36.4 Å². The van der Waals surface area contributed by atoms with Crippen LogP contribution in [0, 0.1) is 5.41 Å². The van der Waals surface area contributed by atoms with Gasteiger partial charge in [-0.25, -0.2) is 0 Å². The molecule has 3 aromatic rings. The molecule has 3 nitrogen and oxygen atoms in total. The number of carbonyl (C=O) groups excluding carboxylic acids is 2. The van der Waals surface area contributed by atoms with Crippen LogP contribution in [0.3, 0.4) is 0 Å². The summed E-state index contributed by atoms with van der Waals surface area (Å²) < 4.78 is 0. The van der Waals surface area contributed by atoms with Gasteiger partial charge in [0, 0.05) is 18.3 Å². The van der Waals surface area contributed by atoms with Gasteiger partial charge in [-0.05, 0) is 40.8 Å². The second kappa shape index (κ2) is 5.41. The molecule has 0 N–H and O–H groups in total. The van der Waals surface area contributed by atoms with Gasteiger partial charge in [0.1, 0.15) is 0 Å². The van der Waals surface area contributed by atoms with Gasteiger partial charge in [-0.2, -0.15) is 0 Å². The van der Waals surface area contributed by atoms with Crippen LogP contribution in [0.25, 0.3) is 0 Å². The Morgan fingerprint density at radius 2 is 1.25 bits per heavy atom. The van der Waals surface area contributed by atoms with Crippen LogP contribution in [-0.2, 0) is 9.59 Å². The van der Waals surface area contributed by atoms with Crippen molar-refractivity contribution in [1.29, 1.82) is 0 Å². The molecule has 3 aromatic carbocycles. The van der Waals surface area contributed by atoms with Crippen molar-refractivity contribution in [3.05, 3.63) is 101 Å². The first-order chi connectivity index (χ1) is 13.7. The summed E-state index contributed by atoms with van der Waals surface area (Å²) in [4.78, 5) is 28.3. The van der Waals surface area contributed by atoms with Gasteiger partial charge in [0.25, 0.3) is 0 Å². The second-order valence-corrected chi connectivity index (χ2v) is 8.15. The molecule has 1 heterocycles. The minimum absolute atomic E-state index is 0.0392. The van der Waals surface area contributed by atoms with Gasteiger partial charge in [-0.15, -0.1) is 0 Å².